The van der Waals surface area contributed by atoms with Gasteiger partial charge in [0.05, 0.1) is 12.3 Å². The van der Waals surface area contributed by atoms with Crippen LogP contribution in [0.2, 0.25) is 0 Å². The third-order valence-electron chi connectivity index (χ3n) is 3.07. The smallest absolute Gasteiger partial charge is 0.307 e. The Hall–Kier alpha value is -2.36. The largest absolute Gasteiger partial charge is 0.481 e. The summed E-state index contributed by atoms with van der Waals surface area (Å²) in [5, 5.41) is 19.9. The second kappa shape index (κ2) is 5.52. The van der Waals surface area contributed by atoms with E-state index in [2.05, 4.69) is 0 Å². The lowest BCUT2D eigenvalue weighted by molar-refractivity contribution is -0.148. The fourth-order valence-electron chi connectivity index (χ4n) is 2.11. The minimum atomic E-state index is -1.09. The lowest BCUT2D eigenvalue weighted by atomic mass is 9.95. The molecule has 0 heterocycles. The molecule has 2 N–H and O–H groups in total. The maximum absolute atomic E-state index is 11.0. The number of rotatable bonds is 5. The third kappa shape index (κ3) is 3.31. The van der Waals surface area contributed by atoms with E-state index in [0.717, 1.165) is 16.3 Å². The molecule has 0 amide bonds. The summed E-state index contributed by atoms with van der Waals surface area (Å²) in [6.45, 7) is 0. The monoisotopic (exact) mass is 258 g/mol. The van der Waals surface area contributed by atoms with Gasteiger partial charge in [-0.1, -0.05) is 42.5 Å². The molecule has 2 aromatic rings. The average molecular weight is 258 g/mol. The summed E-state index contributed by atoms with van der Waals surface area (Å²) in [6.07, 6.45) is -0.130. The van der Waals surface area contributed by atoms with E-state index in [0.29, 0.717) is 0 Å². The van der Waals surface area contributed by atoms with Gasteiger partial charge in [0.1, 0.15) is 0 Å². The van der Waals surface area contributed by atoms with E-state index in [1.807, 2.05) is 42.5 Å². The first-order valence-electron chi connectivity index (χ1n) is 5.98. The van der Waals surface area contributed by atoms with Crippen LogP contribution in [-0.2, 0) is 16.0 Å². The van der Waals surface area contributed by atoms with Gasteiger partial charge in [-0.2, -0.15) is 0 Å². The normalized spacial score (nSPS) is 12.2. The first kappa shape index (κ1) is 13.1. The molecule has 0 bridgehead atoms. The summed E-state index contributed by atoms with van der Waals surface area (Å²) in [6, 6.07) is 13.5. The summed E-state index contributed by atoms with van der Waals surface area (Å²) in [7, 11) is 0. The highest BCUT2D eigenvalue weighted by Gasteiger charge is 2.21. The summed E-state index contributed by atoms with van der Waals surface area (Å²) >= 11 is 0. The number of aliphatic carboxylic acids is 2. The van der Waals surface area contributed by atoms with Crippen LogP contribution in [0.1, 0.15) is 12.0 Å². The molecule has 0 aliphatic rings. The molecular weight excluding hydrogens is 244 g/mol. The molecule has 0 fully saturated rings. The standard InChI is InChI=1S/C15H14O4/c16-14(17)9-13(15(18)19)8-10-5-6-11-3-1-2-4-12(11)7-10/h1-7,13H,8-9H2,(H,16,17)(H,18,19)/t13-/m1/s1. The van der Waals surface area contributed by atoms with Crippen LogP contribution in [0.5, 0.6) is 0 Å². The molecule has 0 aliphatic heterocycles. The molecule has 2 aromatic carbocycles. The second-order valence-corrected chi connectivity index (χ2v) is 4.52. The second-order valence-electron chi connectivity index (χ2n) is 4.52. The van der Waals surface area contributed by atoms with Gasteiger partial charge < -0.3 is 10.2 Å². The Morgan fingerprint density at radius 2 is 1.68 bits per heavy atom. The molecule has 4 heteroatoms. The van der Waals surface area contributed by atoms with Crippen LogP contribution in [0, 0.1) is 5.92 Å². The van der Waals surface area contributed by atoms with Crippen molar-refractivity contribution in [3.63, 3.8) is 0 Å². The fourth-order valence-corrected chi connectivity index (χ4v) is 2.11. The molecule has 0 aromatic heterocycles. The van der Waals surface area contributed by atoms with Crippen LogP contribution in [0.3, 0.4) is 0 Å². The summed E-state index contributed by atoms with van der Waals surface area (Å²) in [4.78, 5) is 21.7. The fraction of sp³-hybridized carbons (Fsp3) is 0.200. The summed E-state index contributed by atoms with van der Waals surface area (Å²) in [5.41, 5.74) is 0.840. The molecule has 0 radical (unpaired) electrons. The van der Waals surface area contributed by atoms with E-state index in [-0.39, 0.29) is 12.8 Å². The van der Waals surface area contributed by atoms with Crippen molar-refractivity contribution in [2.24, 2.45) is 5.92 Å². The van der Waals surface area contributed by atoms with Gasteiger partial charge in [-0.3, -0.25) is 9.59 Å². The minimum absolute atomic E-state index is 0.229. The molecule has 98 valence electrons. The van der Waals surface area contributed by atoms with Crippen LogP contribution in [0.4, 0.5) is 0 Å². The Morgan fingerprint density at radius 1 is 1.00 bits per heavy atom. The topological polar surface area (TPSA) is 74.6 Å². The van der Waals surface area contributed by atoms with E-state index in [9.17, 15) is 9.59 Å². The third-order valence-corrected chi connectivity index (χ3v) is 3.07. The highest BCUT2D eigenvalue weighted by atomic mass is 16.4. The van der Waals surface area contributed by atoms with Crippen molar-refractivity contribution < 1.29 is 19.8 Å². The Labute approximate surface area is 110 Å². The predicted octanol–water partition coefficient (Wildman–Crippen LogP) is 2.56. The van der Waals surface area contributed by atoms with Crippen molar-refractivity contribution in [2.45, 2.75) is 12.8 Å². The Kier molecular flexibility index (Phi) is 3.80. The van der Waals surface area contributed by atoms with Crippen LogP contribution < -0.4 is 0 Å². The van der Waals surface area contributed by atoms with E-state index in [1.54, 1.807) is 0 Å². The molecule has 0 unspecified atom stereocenters. The number of fused-ring (bicyclic) bond motifs is 1. The number of carbonyl (C=O) groups is 2. The number of benzene rings is 2. The van der Waals surface area contributed by atoms with E-state index in [4.69, 9.17) is 10.2 Å². The van der Waals surface area contributed by atoms with Crippen molar-refractivity contribution in [3.05, 3.63) is 48.0 Å². The average Bonchev–Trinajstić information content (AvgIpc) is 2.37. The number of hydrogen-bond acceptors (Lipinski definition) is 2. The molecule has 0 saturated heterocycles. The quantitative estimate of drug-likeness (QED) is 0.864. The van der Waals surface area contributed by atoms with Gasteiger partial charge in [-0.05, 0) is 22.8 Å². The van der Waals surface area contributed by atoms with Crippen molar-refractivity contribution in [2.75, 3.05) is 0 Å². The molecule has 2 rings (SSSR count). The minimum Gasteiger partial charge on any atom is -0.481 e. The highest BCUT2D eigenvalue weighted by Crippen LogP contribution is 2.19. The van der Waals surface area contributed by atoms with Crippen LogP contribution in [-0.4, -0.2) is 22.2 Å². The van der Waals surface area contributed by atoms with Crippen molar-refractivity contribution in [1.29, 1.82) is 0 Å². The van der Waals surface area contributed by atoms with Gasteiger partial charge >= 0.3 is 11.9 Å². The van der Waals surface area contributed by atoms with Crippen LogP contribution >= 0.6 is 0 Å². The van der Waals surface area contributed by atoms with Gasteiger partial charge in [-0.25, -0.2) is 0 Å². The number of hydrogen-bond donors (Lipinski definition) is 2. The number of carboxylic acid groups (broad SMARTS) is 2. The molecule has 0 saturated carbocycles. The van der Waals surface area contributed by atoms with Crippen molar-refractivity contribution >= 4 is 22.7 Å². The zero-order valence-electron chi connectivity index (χ0n) is 10.2. The summed E-state index contributed by atoms with van der Waals surface area (Å²) in [5.74, 6) is -3.05. The molecule has 4 nitrogen and oxygen atoms in total. The van der Waals surface area contributed by atoms with Gasteiger partial charge in [0, 0.05) is 0 Å². The van der Waals surface area contributed by atoms with Gasteiger partial charge in [0.25, 0.3) is 0 Å². The van der Waals surface area contributed by atoms with Crippen molar-refractivity contribution in [3.8, 4) is 0 Å². The Bertz CT molecular complexity index is 618. The van der Waals surface area contributed by atoms with Gasteiger partial charge in [0.15, 0.2) is 0 Å². The van der Waals surface area contributed by atoms with Gasteiger partial charge in [0.2, 0.25) is 0 Å². The first-order valence-corrected chi connectivity index (χ1v) is 5.98. The van der Waals surface area contributed by atoms with Crippen LogP contribution in [0.25, 0.3) is 10.8 Å². The Morgan fingerprint density at radius 3 is 2.32 bits per heavy atom. The SMILES string of the molecule is O=C(O)C[C@@H](Cc1ccc2ccccc2c1)C(=O)O. The maximum Gasteiger partial charge on any atom is 0.307 e. The summed E-state index contributed by atoms with van der Waals surface area (Å²) < 4.78 is 0. The first-order chi connectivity index (χ1) is 9.06. The zero-order valence-corrected chi connectivity index (χ0v) is 10.2. The van der Waals surface area contributed by atoms with Crippen LogP contribution in [0.15, 0.2) is 42.5 Å². The molecular formula is C15H14O4. The zero-order chi connectivity index (χ0) is 13.8. The lowest BCUT2D eigenvalue weighted by Gasteiger charge is -2.10. The van der Waals surface area contributed by atoms with E-state index < -0.39 is 17.9 Å². The molecule has 19 heavy (non-hydrogen) atoms. The number of carboxylic acids is 2. The molecule has 1 atom stereocenters. The lowest BCUT2D eigenvalue weighted by Crippen LogP contribution is -2.20. The van der Waals surface area contributed by atoms with Gasteiger partial charge in [-0.15, -0.1) is 0 Å². The predicted molar refractivity (Wildman–Crippen MR) is 71.0 cm³/mol. The van der Waals surface area contributed by atoms with E-state index >= 15 is 0 Å². The molecule has 0 spiro atoms. The maximum atomic E-state index is 11.0. The van der Waals surface area contributed by atoms with Crippen molar-refractivity contribution in [1.82, 2.24) is 0 Å². The molecule has 0 aliphatic carbocycles. The Balaban J connectivity index is 2.23. The van der Waals surface area contributed by atoms with E-state index in [1.165, 1.54) is 0 Å². The highest BCUT2D eigenvalue weighted by molar-refractivity contribution is 5.83.